The third-order valence-corrected chi connectivity index (χ3v) is 3.60. The topological polar surface area (TPSA) is 78.4 Å². The second-order valence-corrected chi connectivity index (χ2v) is 5.56. The Bertz CT molecular complexity index is 965. The molecular weight excluding hydrogens is 389 g/mol. The van der Waals surface area contributed by atoms with Crippen LogP contribution < -0.4 is 0 Å². The number of benzene rings is 1. The molecule has 2 heterocycles. The van der Waals surface area contributed by atoms with Crippen LogP contribution in [0.2, 0.25) is 5.02 Å². The molecule has 0 fully saturated rings. The van der Waals surface area contributed by atoms with Gasteiger partial charge in [-0.3, -0.25) is 0 Å². The molecule has 6 nitrogen and oxygen atoms in total. The van der Waals surface area contributed by atoms with Crippen molar-refractivity contribution in [2.24, 2.45) is 0 Å². The van der Waals surface area contributed by atoms with Crippen molar-refractivity contribution >= 4 is 23.6 Å². The number of ether oxygens (including phenoxy) is 1. The van der Waals surface area contributed by atoms with Crippen molar-refractivity contribution in [1.82, 2.24) is 10.2 Å². The zero-order valence-corrected chi connectivity index (χ0v) is 14.1. The molecule has 0 unspecified atom stereocenters. The minimum atomic E-state index is -4.52. The van der Waals surface area contributed by atoms with Crippen LogP contribution in [0.3, 0.4) is 0 Å². The number of nitrogens with zero attached hydrogens (tertiary/aromatic N) is 2. The van der Waals surface area contributed by atoms with Crippen molar-refractivity contribution in [3.63, 3.8) is 0 Å². The van der Waals surface area contributed by atoms with E-state index in [4.69, 9.17) is 25.2 Å². The third-order valence-electron chi connectivity index (χ3n) is 3.26. The van der Waals surface area contributed by atoms with Crippen molar-refractivity contribution in [2.45, 2.75) is 12.8 Å². The highest BCUT2D eigenvalue weighted by atomic mass is 35.5. The van der Waals surface area contributed by atoms with Crippen molar-refractivity contribution in [3.8, 4) is 11.7 Å². The number of furan rings is 1. The Hall–Kier alpha value is -3.07. The summed E-state index contributed by atoms with van der Waals surface area (Å²) in [7, 11) is 0. The van der Waals surface area contributed by atoms with Crippen LogP contribution >= 0.6 is 11.6 Å². The second-order valence-electron chi connectivity index (χ2n) is 5.15. The maximum Gasteiger partial charge on any atom is 0.416 e. The van der Waals surface area contributed by atoms with Gasteiger partial charge in [-0.15, -0.1) is 10.2 Å². The van der Waals surface area contributed by atoms with Crippen LogP contribution in [0, 0.1) is 0 Å². The highest BCUT2D eigenvalue weighted by Crippen LogP contribution is 2.32. The van der Waals surface area contributed by atoms with Gasteiger partial charge < -0.3 is 13.6 Å². The van der Waals surface area contributed by atoms with Gasteiger partial charge in [0.05, 0.1) is 11.8 Å². The van der Waals surface area contributed by atoms with E-state index in [2.05, 4.69) is 10.2 Å². The minimum Gasteiger partial charge on any atom is -0.459 e. The molecule has 0 atom stereocenters. The lowest BCUT2D eigenvalue weighted by Crippen LogP contribution is -2.05. The van der Waals surface area contributed by atoms with E-state index in [1.807, 2.05) is 0 Å². The number of esters is 1. The Morgan fingerprint density at radius 2 is 2.07 bits per heavy atom. The van der Waals surface area contributed by atoms with Crippen LogP contribution in [0.1, 0.15) is 17.0 Å². The quantitative estimate of drug-likeness (QED) is 0.455. The fourth-order valence-electron chi connectivity index (χ4n) is 2.00. The summed E-state index contributed by atoms with van der Waals surface area (Å²) in [6, 6.07) is 6.04. The van der Waals surface area contributed by atoms with Crippen molar-refractivity contribution < 1.29 is 31.5 Å². The largest absolute Gasteiger partial charge is 0.459 e. The SMILES string of the molecule is O=C(/C=C/c1cc(C(F)(F)F)ccc1Cl)OCc1nnc(-c2ccco2)o1. The van der Waals surface area contributed by atoms with Crippen LogP contribution in [0.15, 0.2) is 51.5 Å². The first-order chi connectivity index (χ1) is 12.8. The maximum absolute atomic E-state index is 12.7. The van der Waals surface area contributed by atoms with Crippen LogP contribution in [0.4, 0.5) is 13.2 Å². The van der Waals surface area contributed by atoms with E-state index in [-0.39, 0.29) is 29.0 Å². The number of alkyl halides is 3. The fourth-order valence-corrected chi connectivity index (χ4v) is 2.18. The van der Waals surface area contributed by atoms with Gasteiger partial charge in [-0.05, 0) is 42.0 Å². The summed E-state index contributed by atoms with van der Waals surface area (Å²) >= 11 is 5.84. The molecule has 0 amide bonds. The van der Waals surface area contributed by atoms with E-state index in [9.17, 15) is 18.0 Å². The Kier molecular flexibility index (Phi) is 5.31. The number of hydrogen-bond acceptors (Lipinski definition) is 6. The van der Waals surface area contributed by atoms with E-state index in [0.29, 0.717) is 5.76 Å². The number of hydrogen-bond donors (Lipinski definition) is 0. The molecule has 2 aromatic heterocycles. The Morgan fingerprint density at radius 3 is 2.78 bits per heavy atom. The van der Waals surface area contributed by atoms with Crippen LogP contribution in [-0.2, 0) is 22.3 Å². The first-order valence-corrected chi connectivity index (χ1v) is 7.78. The first-order valence-electron chi connectivity index (χ1n) is 7.41. The lowest BCUT2D eigenvalue weighted by molar-refractivity contribution is -0.139. The monoisotopic (exact) mass is 398 g/mol. The third kappa shape index (κ3) is 4.76. The molecule has 0 N–H and O–H groups in total. The number of rotatable bonds is 5. The van der Waals surface area contributed by atoms with Gasteiger partial charge in [0.2, 0.25) is 0 Å². The summed E-state index contributed by atoms with van der Waals surface area (Å²) in [5.74, 6) is -0.307. The summed E-state index contributed by atoms with van der Waals surface area (Å²) in [4.78, 5) is 11.7. The second kappa shape index (κ2) is 7.67. The molecule has 27 heavy (non-hydrogen) atoms. The number of carbonyl (C=O) groups is 1. The molecule has 10 heteroatoms. The van der Waals surface area contributed by atoms with Gasteiger partial charge in [-0.2, -0.15) is 13.2 Å². The van der Waals surface area contributed by atoms with Crippen LogP contribution in [0.25, 0.3) is 17.7 Å². The normalized spacial score (nSPS) is 11.9. The standard InChI is InChI=1S/C17H10ClF3N2O4/c18-12-5-4-11(17(19,20)21)8-10(12)3-6-15(24)26-9-14-22-23-16(27-14)13-2-1-7-25-13/h1-8H,9H2/b6-3+. The summed E-state index contributed by atoms with van der Waals surface area (Å²) in [6.07, 6.45) is -1.01. The van der Waals surface area contributed by atoms with Crippen molar-refractivity contribution in [1.29, 1.82) is 0 Å². The molecule has 1 aromatic carbocycles. The van der Waals surface area contributed by atoms with Crippen molar-refractivity contribution in [2.75, 3.05) is 0 Å². The van der Waals surface area contributed by atoms with E-state index in [0.717, 1.165) is 30.4 Å². The average molecular weight is 399 g/mol. The fraction of sp³-hybridized carbons (Fsp3) is 0.118. The van der Waals surface area contributed by atoms with E-state index < -0.39 is 17.7 Å². The highest BCUT2D eigenvalue weighted by Gasteiger charge is 2.30. The van der Waals surface area contributed by atoms with Gasteiger partial charge in [-0.1, -0.05) is 11.6 Å². The Labute approximate surface area is 155 Å². The predicted octanol–water partition coefficient (Wildman–Crippen LogP) is 4.76. The van der Waals surface area contributed by atoms with Crippen LogP contribution in [0.5, 0.6) is 0 Å². The van der Waals surface area contributed by atoms with Gasteiger partial charge in [0.15, 0.2) is 12.4 Å². The predicted molar refractivity (Wildman–Crippen MR) is 87.3 cm³/mol. The smallest absolute Gasteiger partial charge is 0.416 e. The number of halogens is 4. The van der Waals surface area contributed by atoms with Gasteiger partial charge in [0.1, 0.15) is 0 Å². The molecule has 0 aliphatic carbocycles. The molecule has 0 aliphatic rings. The molecule has 3 rings (SSSR count). The molecule has 140 valence electrons. The van der Waals surface area contributed by atoms with Gasteiger partial charge >= 0.3 is 12.1 Å². The first kappa shape index (κ1) is 18.7. The van der Waals surface area contributed by atoms with E-state index in [1.165, 1.54) is 6.26 Å². The number of carbonyl (C=O) groups excluding carboxylic acids is 1. The minimum absolute atomic E-state index is 0.0280. The summed E-state index contributed by atoms with van der Waals surface area (Å²) in [6.45, 7) is -0.312. The van der Waals surface area contributed by atoms with E-state index in [1.54, 1.807) is 12.1 Å². The average Bonchev–Trinajstić information content (AvgIpc) is 3.29. The van der Waals surface area contributed by atoms with E-state index >= 15 is 0 Å². The summed E-state index contributed by atoms with van der Waals surface area (Å²) in [5, 5.41) is 7.48. The van der Waals surface area contributed by atoms with Crippen LogP contribution in [-0.4, -0.2) is 16.2 Å². The maximum atomic E-state index is 12.7. The molecule has 0 radical (unpaired) electrons. The summed E-state index contributed by atoms with van der Waals surface area (Å²) in [5.41, 5.74) is -0.849. The molecule has 0 aliphatic heterocycles. The number of aromatic nitrogens is 2. The molecule has 0 saturated heterocycles. The zero-order valence-electron chi connectivity index (χ0n) is 13.4. The molecule has 0 spiro atoms. The lowest BCUT2D eigenvalue weighted by atomic mass is 10.1. The molecule has 3 aromatic rings. The Morgan fingerprint density at radius 1 is 1.26 bits per heavy atom. The molecule has 0 bridgehead atoms. The molecule has 0 saturated carbocycles. The molecular formula is C17H10ClF3N2O4. The van der Waals surface area contributed by atoms with Gasteiger partial charge in [0.25, 0.3) is 11.8 Å². The highest BCUT2D eigenvalue weighted by molar-refractivity contribution is 6.32. The Balaban J connectivity index is 1.61. The summed E-state index contributed by atoms with van der Waals surface area (Å²) < 4.78 is 53.4. The zero-order chi connectivity index (χ0) is 19.4. The van der Waals surface area contributed by atoms with Gasteiger partial charge in [-0.25, -0.2) is 4.79 Å². The van der Waals surface area contributed by atoms with Crippen molar-refractivity contribution in [3.05, 3.63) is 64.7 Å². The lowest BCUT2D eigenvalue weighted by Gasteiger charge is -2.08. The van der Waals surface area contributed by atoms with Gasteiger partial charge in [0, 0.05) is 11.1 Å².